The Hall–Kier alpha value is -2.46. The standard InChI is InChI=1S/C25H29FO3/c1-28-18-23-5-3-2-4-21(23)12-15-25(27)22-10-6-19(7-11-22)16-29-17-20-8-13-24(26)14-9-20/h6-11,13-14,18,21H,2-5,12,15-17H2,1H3/b23-18-/t21-/m1/s1. The van der Waals surface area contributed by atoms with E-state index in [0.29, 0.717) is 25.6 Å². The Morgan fingerprint density at radius 1 is 1.03 bits per heavy atom. The molecule has 0 saturated heterocycles. The molecule has 0 N–H and O–H groups in total. The van der Waals surface area contributed by atoms with Crippen LogP contribution in [0.4, 0.5) is 4.39 Å². The summed E-state index contributed by atoms with van der Waals surface area (Å²) in [5, 5.41) is 0. The zero-order chi connectivity index (χ0) is 20.5. The van der Waals surface area contributed by atoms with Crippen LogP contribution in [0, 0.1) is 11.7 Å². The van der Waals surface area contributed by atoms with Gasteiger partial charge in [-0.05, 0) is 60.4 Å². The molecule has 3 rings (SSSR count). The van der Waals surface area contributed by atoms with E-state index in [4.69, 9.17) is 9.47 Å². The maximum Gasteiger partial charge on any atom is 0.162 e. The van der Waals surface area contributed by atoms with Gasteiger partial charge in [-0.15, -0.1) is 0 Å². The second-order valence-electron chi connectivity index (χ2n) is 7.65. The van der Waals surface area contributed by atoms with Crippen molar-refractivity contribution in [3.63, 3.8) is 0 Å². The van der Waals surface area contributed by atoms with Crippen LogP contribution in [0.2, 0.25) is 0 Å². The molecule has 1 atom stereocenters. The molecule has 0 aliphatic heterocycles. The number of rotatable bonds is 9. The van der Waals surface area contributed by atoms with Gasteiger partial charge in [-0.3, -0.25) is 4.79 Å². The maximum absolute atomic E-state index is 12.9. The highest BCUT2D eigenvalue weighted by molar-refractivity contribution is 5.96. The Morgan fingerprint density at radius 3 is 2.34 bits per heavy atom. The van der Waals surface area contributed by atoms with Crippen molar-refractivity contribution in [2.45, 2.75) is 51.7 Å². The molecule has 2 aromatic rings. The van der Waals surface area contributed by atoms with Crippen molar-refractivity contribution < 1.29 is 18.7 Å². The van der Waals surface area contributed by atoms with E-state index in [0.717, 1.165) is 36.0 Å². The molecule has 0 radical (unpaired) electrons. The van der Waals surface area contributed by atoms with Gasteiger partial charge in [-0.1, -0.05) is 42.8 Å². The summed E-state index contributed by atoms with van der Waals surface area (Å²) in [5.74, 6) is 0.404. The van der Waals surface area contributed by atoms with E-state index in [1.165, 1.54) is 30.5 Å². The van der Waals surface area contributed by atoms with Gasteiger partial charge in [0.15, 0.2) is 5.78 Å². The number of ketones is 1. The number of carbonyl (C=O) groups excluding carboxylic acids is 1. The Bertz CT molecular complexity index is 809. The lowest BCUT2D eigenvalue weighted by Crippen LogP contribution is -2.12. The maximum atomic E-state index is 12.9. The van der Waals surface area contributed by atoms with Gasteiger partial charge in [-0.2, -0.15) is 0 Å². The molecule has 1 aliphatic rings. The van der Waals surface area contributed by atoms with Gasteiger partial charge in [0.05, 0.1) is 26.6 Å². The van der Waals surface area contributed by atoms with Crippen LogP contribution < -0.4 is 0 Å². The highest BCUT2D eigenvalue weighted by Gasteiger charge is 2.20. The van der Waals surface area contributed by atoms with Crippen molar-refractivity contribution in [3.05, 3.63) is 82.9 Å². The molecule has 29 heavy (non-hydrogen) atoms. The fourth-order valence-corrected chi connectivity index (χ4v) is 3.85. The van der Waals surface area contributed by atoms with E-state index in [-0.39, 0.29) is 11.6 Å². The largest absolute Gasteiger partial charge is 0.504 e. The first-order valence-electron chi connectivity index (χ1n) is 10.3. The molecule has 2 aromatic carbocycles. The predicted molar refractivity (Wildman–Crippen MR) is 112 cm³/mol. The number of methoxy groups -OCH3 is 1. The van der Waals surface area contributed by atoms with Gasteiger partial charge in [0, 0.05) is 12.0 Å². The smallest absolute Gasteiger partial charge is 0.162 e. The highest BCUT2D eigenvalue weighted by Crippen LogP contribution is 2.33. The summed E-state index contributed by atoms with van der Waals surface area (Å²) in [6.45, 7) is 0.888. The monoisotopic (exact) mass is 396 g/mol. The minimum Gasteiger partial charge on any atom is -0.504 e. The lowest BCUT2D eigenvalue weighted by molar-refractivity contribution is 0.0972. The summed E-state index contributed by atoms with van der Waals surface area (Å²) in [6, 6.07) is 13.9. The first-order chi connectivity index (χ1) is 14.2. The lowest BCUT2D eigenvalue weighted by Gasteiger charge is -2.24. The summed E-state index contributed by atoms with van der Waals surface area (Å²) in [5.41, 5.74) is 4.05. The molecule has 0 heterocycles. The number of allylic oxidation sites excluding steroid dienone is 1. The Morgan fingerprint density at radius 2 is 1.69 bits per heavy atom. The number of halogens is 1. The van der Waals surface area contributed by atoms with Crippen LogP contribution in [-0.2, 0) is 22.7 Å². The third-order valence-corrected chi connectivity index (χ3v) is 5.51. The quantitative estimate of drug-likeness (QED) is 0.372. The predicted octanol–water partition coefficient (Wildman–Crippen LogP) is 6.23. The molecule has 0 amide bonds. The average Bonchev–Trinajstić information content (AvgIpc) is 2.75. The van der Waals surface area contributed by atoms with Crippen molar-refractivity contribution in [2.75, 3.05) is 7.11 Å². The van der Waals surface area contributed by atoms with Gasteiger partial charge in [0.1, 0.15) is 5.82 Å². The van der Waals surface area contributed by atoms with E-state index in [1.54, 1.807) is 19.2 Å². The van der Waals surface area contributed by atoms with Crippen molar-refractivity contribution in [2.24, 2.45) is 5.92 Å². The highest BCUT2D eigenvalue weighted by atomic mass is 19.1. The van der Waals surface area contributed by atoms with E-state index in [2.05, 4.69) is 0 Å². The number of hydrogen-bond acceptors (Lipinski definition) is 3. The van der Waals surface area contributed by atoms with Gasteiger partial charge < -0.3 is 9.47 Å². The topological polar surface area (TPSA) is 35.5 Å². The van der Waals surface area contributed by atoms with Crippen molar-refractivity contribution >= 4 is 5.78 Å². The van der Waals surface area contributed by atoms with Crippen LogP contribution in [0.1, 0.15) is 60.0 Å². The third-order valence-electron chi connectivity index (χ3n) is 5.51. The first kappa shape index (κ1) is 21.3. The van der Waals surface area contributed by atoms with Crippen LogP contribution in [0.25, 0.3) is 0 Å². The van der Waals surface area contributed by atoms with E-state index in [1.807, 2.05) is 30.5 Å². The van der Waals surface area contributed by atoms with Crippen LogP contribution in [-0.4, -0.2) is 12.9 Å². The summed E-state index contributed by atoms with van der Waals surface area (Å²) in [6.07, 6.45) is 7.99. The normalized spacial score (nSPS) is 18.0. The zero-order valence-corrected chi connectivity index (χ0v) is 17.0. The molecule has 4 heteroatoms. The number of carbonyl (C=O) groups is 1. The van der Waals surface area contributed by atoms with E-state index >= 15 is 0 Å². The summed E-state index contributed by atoms with van der Waals surface area (Å²) in [4.78, 5) is 12.6. The zero-order valence-electron chi connectivity index (χ0n) is 17.0. The molecule has 0 spiro atoms. The molecular formula is C25H29FO3. The minimum absolute atomic E-state index is 0.186. The van der Waals surface area contributed by atoms with Crippen LogP contribution >= 0.6 is 0 Å². The molecular weight excluding hydrogens is 367 g/mol. The number of ether oxygens (including phenoxy) is 2. The van der Waals surface area contributed by atoms with Crippen LogP contribution in [0.3, 0.4) is 0 Å². The second-order valence-corrected chi connectivity index (χ2v) is 7.65. The molecule has 1 aliphatic carbocycles. The van der Waals surface area contributed by atoms with Gasteiger partial charge in [-0.25, -0.2) is 4.39 Å². The molecule has 3 nitrogen and oxygen atoms in total. The fraction of sp³-hybridized carbons (Fsp3) is 0.400. The minimum atomic E-state index is -0.247. The van der Waals surface area contributed by atoms with Gasteiger partial charge >= 0.3 is 0 Å². The van der Waals surface area contributed by atoms with E-state index in [9.17, 15) is 9.18 Å². The SMILES string of the molecule is CO/C=C1/CCCC[C@@H]1CCC(=O)c1ccc(COCc2ccc(F)cc2)cc1. The molecule has 1 saturated carbocycles. The van der Waals surface area contributed by atoms with Crippen molar-refractivity contribution in [1.82, 2.24) is 0 Å². The van der Waals surface area contributed by atoms with Crippen molar-refractivity contribution in [1.29, 1.82) is 0 Å². The van der Waals surface area contributed by atoms with Crippen molar-refractivity contribution in [3.8, 4) is 0 Å². The average molecular weight is 397 g/mol. The molecule has 0 bridgehead atoms. The summed E-state index contributed by atoms with van der Waals surface area (Å²) < 4.78 is 23.8. The van der Waals surface area contributed by atoms with Gasteiger partial charge in [0.2, 0.25) is 0 Å². The first-order valence-corrected chi connectivity index (χ1v) is 10.3. The van der Waals surface area contributed by atoms with Gasteiger partial charge in [0.25, 0.3) is 0 Å². The Balaban J connectivity index is 1.45. The summed E-state index contributed by atoms with van der Waals surface area (Å²) >= 11 is 0. The molecule has 0 aromatic heterocycles. The molecule has 1 fully saturated rings. The Kier molecular flexibility index (Phi) is 8.00. The van der Waals surface area contributed by atoms with Crippen LogP contribution in [0.15, 0.2) is 60.4 Å². The summed E-state index contributed by atoms with van der Waals surface area (Å²) in [7, 11) is 1.69. The number of benzene rings is 2. The third kappa shape index (κ3) is 6.53. The van der Waals surface area contributed by atoms with Crippen LogP contribution in [0.5, 0.6) is 0 Å². The Labute approximate surface area is 172 Å². The number of Topliss-reactive ketones (excluding diaryl/α,β-unsaturated/α-hetero) is 1. The fourth-order valence-electron chi connectivity index (χ4n) is 3.85. The number of hydrogen-bond donors (Lipinski definition) is 0. The van der Waals surface area contributed by atoms with E-state index < -0.39 is 0 Å². The second kappa shape index (κ2) is 10.9. The lowest BCUT2D eigenvalue weighted by atomic mass is 9.81. The molecule has 154 valence electrons. The molecule has 0 unspecified atom stereocenters.